The lowest BCUT2D eigenvalue weighted by Gasteiger charge is -2.00. The highest BCUT2D eigenvalue weighted by molar-refractivity contribution is 5.92. The number of hydrogen-bond acceptors (Lipinski definition) is 5. The summed E-state index contributed by atoms with van der Waals surface area (Å²) in [6.07, 6.45) is 0. The Hall–Kier alpha value is -2.57. The summed E-state index contributed by atoms with van der Waals surface area (Å²) in [4.78, 5) is 23.2. The molecule has 0 aromatic carbocycles. The highest BCUT2D eigenvalue weighted by Gasteiger charge is 2.13. The molecule has 2 aromatic heterocycles. The van der Waals surface area contributed by atoms with Gasteiger partial charge in [0.05, 0.1) is 13.2 Å². The predicted octanol–water partition coefficient (Wildman–Crippen LogP) is 1.42. The van der Waals surface area contributed by atoms with Crippen molar-refractivity contribution >= 4 is 11.9 Å². The zero-order chi connectivity index (χ0) is 14.5. The van der Waals surface area contributed by atoms with E-state index in [4.69, 9.17) is 9.15 Å². The Balaban J connectivity index is 1.91. The topological polar surface area (TPSA) is 97.2 Å². The summed E-state index contributed by atoms with van der Waals surface area (Å²) in [5, 5.41) is 9.17. The van der Waals surface area contributed by atoms with Crippen molar-refractivity contribution in [3.05, 3.63) is 41.1 Å². The smallest absolute Gasteiger partial charge is 0.374 e. The number of nitrogens with zero attached hydrogens (tertiary/aromatic N) is 1. The first kappa shape index (κ1) is 13.9. The number of furan rings is 1. The summed E-state index contributed by atoms with van der Waals surface area (Å²) in [5.41, 5.74) is 1.11. The van der Waals surface area contributed by atoms with Gasteiger partial charge in [-0.05, 0) is 32.0 Å². The van der Waals surface area contributed by atoms with Crippen LogP contribution in [0.1, 0.15) is 39.4 Å². The number of ether oxygens (including phenoxy) is 1. The number of hydrogen-bond donors (Lipinski definition) is 2. The number of rotatable bonds is 5. The molecule has 106 valence electrons. The van der Waals surface area contributed by atoms with Crippen molar-refractivity contribution in [3.63, 3.8) is 0 Å². The third-order valence-electron chi connectivity index (χ3n) is 2.50. The molecule has 2 aromatic rings. The fourth-order valence-electron chi connectivity index (χ4n) is 1.58. The van der Waals surface area contributed by atoms with Crippen molar-refractivity contribution in [1.29, 1.82) is 0 Å². The monoisotopic (exact) mass is 277 g/mol. The molecule has 2 rings (SSSR count). The van der Waals surface area contributed by atoms with Crippen molar-refractivity contribution in [2.45, 2.75) is 20.4 Å². The summed E-state index contributed by atoms with van der Waals surface area (Å²) in [6.45, 7) is 3.98. The van der Waals surface area contributed by atoms with Crippen LogP contribution in [0.2, 0.25) is 0 Å². The van der Waals surface area contributed by atoms with Crippen LogP contribution in [0.5, 0.6) is 0 Å². The maximum atomic E-state index is 11.7. The van der Waals surface area contributed by atoms with Gasteiger partial charge in [-0.3, -0.25) is 9.89 Å². The first-order valence-electron chi connectivity index (χ1n) is 6.16. The minimum absolute atomic E-state index is 0.117. The quantitative estimate of drug-likeness (QED) is 0.805. The Morgan fingerprint density at radius 1 is 1.45 bits per heavy atom. The molecule has 0 fully saturated rings. The van der Waals surface area contributed by atoms with E-state index in [-0.39, 0.29) is 24.8 Å². The number of nitrogens with one attached hydrogen (secondary N) is 2. The van der Waals surface area contributed by atoms with Crippen LogP contribution in [-0.4, -0.2) is 28.7 Å². The van der Waals surface area contributed by atoms with Gasteiger partial charge in [0, 0.05) is 5.69 Å². The van der Waals surface area contributed by atoms with Crippen LogP contribution in [0, 0.1) is 6.92 Å². The molecule has 7 heteroatoms. The van der Waals surface area contributed by atoms with Gasteiger partial charge < -0.3 is 14.5 Å². The molecule has 0 spiro atoms. The molecule has 1 amide bonds. The first-order valence-corrected chi connectivity index (χ1v) is 6.16. The number of H-pyrrole nitrogens is 1. The summed E-state index contributed by atoms with van der Waals surface area (Å²) in [6, 6.07) is 4.77. The number of carbonyl (C=O) groups is 2. The van der Waals surface area contributed by atoms with E-state index in [1.165, 1.54) is 6.07 Å². The van der Waals surface area contributed by atoms with E-state index < -0.39 is 5.97 Å². The Bertz CT molecular complexity index is 615. The van der Waals surface area contributed by atoms with E-state index in [0.717, 1.165) is 5.69 Å². The number of amides is 1. The molecule has 0 aliphatic rings. The van der Waals surface area contributed by atoms with Gasteiger partial charge in [-0.25, -0.2) is 4.79 Å². The van der Waals surface area contributed by atoms with Crippen LogP contribution in [0.3, 0.4) is 0 Å². The number of esters is 1. The van der Waals surface area contributed by atoms with Gasteiger partial charge in [0.25, 0.3) is 5.91 Å². The highest BCUT2D eigenvalue weighted by Crippen LogP contribution is 2.09. The number of aromatic amines is 1. The fourth-order valence-corrected chi connectivity index (χ4v) is 1.58. The molecule has 0 aliphatic heterocycles. The first-order chi connectivity index (χ1) is 9.60. The zero-order valence-electron chi connectivity index (χ0n) is 11.2. The van der Waals surface area contributed by atoms with E-state index >= 15 is 0 Å². The maximum absolute atomic E-state index is 11.7. The Morgan fingerprint density at radius 3 is 2.90 bits per heavy atom. The van der Waals surface area contributed by atoms with Gasteiger partial charge in [0.1, 0.15) is 11.5 Å². The van der Waals surface area contributed by atoms with E-state index in [2.05, 4.69) is 15.5 Å². The Morgan fingerprint density at radius 2 is 2.25 bits per heavy atom. The third kappa shape index (κ3) is 3.25. The molecule has 0 radical (unpaired) electrons. The van der Waals surface area contributed by atoms with Crippen LogP contribution in [0.15, 0.2) is 22.6 Å². The average Bonchev–Trinajstić information content (AvgIpc) is 3.05. The second kappa shape index (κ2) is 6.05. The molecule has 0 saturated carbocycles. The molecular weight excluding hydrogens is 262 g/mol. The van der Waals surface area contributed by atoms with Crippen molar-refractivity contribution < 1.29 is 18.7 Å². The number of aromatic nitrogens is 2. The molecule has 0 bridgehead atoms. The molecule has 20 heavy (non-hydrogen) atoms. The second-order valence-electron chi connectivity index (χ2n) is 4.11. The van der Waals surface area contributed by atoms with E-state index in [9.17, 15) is 9.59 Å². The molecule has 2 N–H and O–H groups in total. The van der Waals surface area contributed by atoms with E-state index in [1.807, 2.05) is 6.92 Å². The standard InChI is InChI=1S/C13H15N3O4/c1-3-19-13(18)11-5-4-9(20-11)7-14-12(17)10-6-8(2)15-16-10/h4-6H,3,7H2,1-2H3,(H,14,17)(H,15,16). The molecule has 0 aliphatic carbocycles. The van der Waals surface area contributed by atoms with Gasteiger partial charge in [-0.1, -0.05) is 0 Å². The van der Waals surface area contributed by atoms with Gasteiger partial charge in [0.15, 0.2) is 0 Å². The maximum Gasteiger partial charge on any atom is 0.374 e. The van der Waals surface area contributed by atoms with Crippen LogP contribution < -0.4 is 5.32 Å². The van der Waals surface area contributed by atoms with Crippen LogP contribution in [-0.2, 0) is 11.3 Å². The predicted molar refractivity (Wildman–Crippen MR) is 69.2 cm³/mol. The average molecular weight is 277 g/mol. The Kier molecular flexibility index (Phi) is 4.19. The van der Waals surface area contributed by atoms with Crippen LogP contribution in [0.4, 0.5) is 0 Å². The summed E-state index contributed by atoms with van der Waals surface area (Å²) < 4.78 is 10.1. The second-order valence-corrected chi connectivity index (χ2v) is 4.11. The number of carbonyl (C=O) groups excluding carboxylic acids is 2. The van der Waals surface area contributed by atoms with Crippen molar-refractivity contribution in [3.8, 4) is 0 Å². The van der Waals surface area contributed by atoms with Crippen molar-refractivity contribution in [2.75, 3.05) is 6.61 Å². The molecule has 0 saturated heterocycles. The SMILES string of the molecule is CCOC(=O)c1ccc(CNC(=O)c2cc(C)[nH]n2)o1. The van der Waals surface area contributed by atoms with Crippen LogP contribution in [0.25, 0.3) is 0 Å². The summed E-state index contributed by atoms with van der Waals surface area (Å²) >= 11 is 0. The van der Waals surface area contributed by atoms with E-state index in [0.29, 0.717) is 11.5 Å². The fraction of sp³-hybridized carbons (Fsp3) is 0.308. The summed E-state index contributed by atoms with van der Waals surface area (Å²) in [5.74, 6) is -0.253. The summed E-state index contributed by atoms with van der Waals surface area (Å²) in [7, 11) is 0. The lowest BCUT2D eigenvalue weighted by atomic mass is 10.3. The lowest BCUT2D eigenvalue weighted by molar-refractivity contribution is 0.0488. The minimum Gasteiger partial charge on any atom is -0.460 e. The van der Waals surface area contributed by atoms with Gasteiger partial charge in [-0.15, -0.1) is 0 Å². The van der Waals surface area contributed by atoms with Gasteiger partial charge in [0.2, 0.25) is 5.76 Å². The van der Waals surface area contributed by atoms with Crippen LogP contribution >= 0.6 is 0 Å². The molecule has 7 nitrogen and oxygen atoms in total. The lowest BCUT2D eigenvalue weighted by Crippen LogP contribution is -2.22. The number of aryl methyl sites for hydroxylation is 1. The zero-order valence-corrected chi connectivity index (χ0v) is 11.2. The van der Waals surface area contributed by atoms with E-state index in [1.54, 1.807) is 19.1 Å². The molecular formula is C13H15N3O4. The van der Waals surface area contributed by atoms with Gasteiger partial charge >= 0.3 is 5.97 Å². The molecule has 2 heterocycles. The van der Waals surface area contributed by atoms with Crippen molar-refractivity contribution in [2.24, 2.45) is 0 Å². The Labute approximate surface area is 115 Å². The largest absolute Gasteiger partial charge is 0.460 e. The molecule has 0 atom stereocenters. The normalized spacial score (nSPS) is 10.3. The third-order valence-corrected chi connectivity index (χ3v) is 2.50. The highest BCUT2D eigenvalue weighted by atomic mass is 16.5. The molecule has 0 unspecified atom stereocenters. The van der Waals surface area contributed by atoms with Gasteiger partial charge in [-0.2, -0.15) is 5.10 Å². The van der Waals surface area contributed by atoms with Crippen molar-refractivity contribution in [1.82, 2.24) is 15.5 Å². The minimum atomic E-state index is -0.520.